The number of aromatic nitrogens is 6. The monoisotopic (exact) mass is 341 g/mol. The fraction of sp³-hybridized carbons (Fsp3) is 0.273. The summed E-state index contributed by atoms with van der Waals surface area (Å²) in [4.78, 5) is 16.7. The fourth-order valence-corrected chi connectivity index (χ4v) is 3.06. The first-order valence-corrected chi connectivity index (χ1v) is 8.74. The summed E-state index contributed by atoms with van der Waals surface area (Å²) in [5, 5.41) is 14.0. The molecule has 0 spiro atoms. The van der Waals surface area contributed by atoms with E-state index in [1.165, 1.54) is 0 Å². The molecule has 3 aromatic rings. The van der Waals surface area contributed by atoms with Crippen LogP contribution >= 0.6 is 19.1 Å². The minimum absolute atomic E-state index is 0.0459. The van der Waals surface area contributed by atoms with Crippen LogP contribution in [0.3, 0.4) is 0 Å². The number of aromatic amines is 2. The summed E-state index contributed by atoms with van der Waals surface area (Å²) in [7, 11) is -3.50. The van der Waals surface area contributed by atoms with Gasteiger partial charge in [-0.25, -0.2) is 10.1 Å². The number of nitrogens with zero attached hydrogens (tertiary/aromatic N) is 4. The smallest absolute Gasteiger partial charge is 0.264 e. The van der Waals surface area contributed by atoms with Crippen molar-refractivity contribution < 1.29 is 9.46 Å². The van der Waals surface area contributed by atoms with Crippen molar-refractivity contribution in [1.29, 1.82) is 0 Å². The summed E-state index contributed by atoms with van der Waals surface area (Å²) in [6.07, 6.45) is 1.05. The van der Waals surface area contributed by atoms with E-state index < -0.39 is 7.52 Å². The average molecular weight is 342 g/mol. The van der Waals surface area contributed by atoms with E-state index >= 15 is 0 Å². The first kappa shape index (κ1) is 15.1. The molecule has 0 radical (unpaired) electrons. The molecule has 22 heavy (non-hydrogen) atoms. The first-order chi connectivity index (χ1) is 10.4. The van der Waals surface area contributed by atoms with E-state index in [0.717, 1.165) is 16.6 Å². The lowest BCUT2D eigenvalue weighted by atomic mass is 10.1. The van der Waals surface area contributed by atoms with E-state index in [-0.39, 0.29) is 6.16 Å². The molecule has 3 rings (SSSR count). The lowest BCUT2D eigenvalue weighted by Crippen LogP contribution is -2.00. The number of benzene rings is 1. The average Bonchev–Trinajstić information content (AvgIpc) is 3.04. The molecular formula is C11H13ClN7O2P. The standard InChI is InChI=1S/C11H13ClN7O2P/c12-7-4-6(2-1-3-22(13,20)21)9-8(5-7)14-10(15-9)11-16-18-19-17-11/h4-5H,1-3H2,(H,14,15)(H3,13,20,21)(H,16,17,18,19). The van der Waals surface area contributed by atoms with Crippen molar-refractivity contribution in [3.8, 4) is 11.6 Å². The maximum Gasteiger partial charge on any atom is 0.264 e. The van der Waals surface area contributed by atoms with Gasteiger partial charge in [-0.2, -0.15) is 0 Å². The van der Waals surface area contributed by atoms with Gasteiger partial charge in [0.1, 0.15) is 0 Å². The highest BCUT2D eigenvalue weighted by molar-refractivity contribution is 7.55. The Morgan fingerprint density at radius 1 is 1.36 bits per heavy atom. The maximum absolute atomic E-state index is 11.2. The van der Waals surface area contributed by atoms with E-state index in [2.05, 4.69) is 30.6 Å². The highest BCUT2D eigenvalue weighted by Crippen LogP contribution is 2.32. The Morgan fingerprint density at radius 3 is 2.86 bits per heavy atom. The molecule has 0 amide bonds. The molecule has 1 atom stereocenters. The molecule has 0 aliphatic heterocycles. The lowest BCUT2D eigenvalue weighted by Gasteiger charge is -2.06. The number of hydrogen-bond acceptors (Lipinski definition) is 5. The van der Waals surface area contributed by atoms with E-state index in [4.69, 9.17) is 22.0 Å². The minimum atomic E-state index is -3.50. The minimum Gasteiger partial charge on any atom is -0.335 e. The van der Waals surface area contributed by atoms with Gasteiger partial charge in [0.25, 0.3) is 7.52 Å². The Labute approximate surface area is 129 Å². The number of imidazole rings is 1. The molecule has 2 aromatic heterocycles. The third-order valence-corrected chi connectivity index (χ3v) is 4.30. The zero-order valence-corrected chi connectivity index (χ0v) is 13.0. The molecule has 2 heterocycles. The highest BCUT2D eigenvalue weighted by atomic mass is 35.5. The van der Waals surface area contributed by atoms with Crippen LogP contribution < -0.4 is 5.50 Å². The predicted octanol–water partition coefficient (Wildman–Crippen LogP) is 1.47. The van der Waals surface area contributed by atoms with Gasteiger partial charge in [-0.05, 0) is 41.0 Å². The fourth-order valence-electron chi connectivity index (χ4n) is 2.21. The number of aryl methyl sites for hydroxylation is 1. The molecule has 0 fully saturated rings. The van der Waals surface area contributed by atoms with Gasteiger partial charge < -0.3 is 9.88 Å². The summed E-state index contributed by atoms with van der Waals surface area (Å²) >= 11 is 6.10. The zero-order chi connectivity index (χ0) is 15.7. The number of nitrogens with one attached hydrogen (secondary N) is 2. The molecule has 1 unspecified atom stereocenters. The molecule has 5 N–H and O–H groups in total. The molecule has 0 saturated carbocycles. The molecule has 0 bridgehead atoms. The molecule has 116 valence electrons. The van der Waals surface area contributed by atoms with Gasteiger partial charge in [0.2, 0.25) is 5.82 Å². The van der Waals surface area contributed by atoms with Gasteiger partial charge in [0.05, 0.1) is 11.0 Å². The summed E-state index contributed by atoms with van der Waals surface area (Å²) in [6, 6.07) is 3.53. The second-order valence-electron chi connectivity index (χ2n) is 4.88. The van der Waals surface area contributed by atoms with Crippen molar-refractivity contribution >= 4 is 30.2 Å². The Kier molecular flexibility index (Phi) is 3.96. The number of fused-ring (bicyclic) bond motifs is 1. The predicted molar refractivity (Wildman–Crippen MR) is 81.5 cm³/mol. The van der Waals surface area contributed by atoms with Gasteiger partial charge >= 0.3 is 0 Å². The van der Waals surface area contributed by atoms with E-state index in [1.807, 2.05) is 0 Å². The number of halogens is 1. The van der Waals surface area contributed by atoms with Crippen molar-refractivity contribution in [3.05, 3.63) is 22.7 Å². The van der Waals surface area contributed by atoms with Gasteiger partial charge in [0.15, 0.2) is 5.82 Å². The quantitative estimate of drug-likeness (QED) is 0.514. The topological polar surface area (TPSA) is 146 Å². The van der Waals surface area contributed by atoms with Crippen molar-refractivity contribution in [2.45, 2.75) is 12.8 Å². The molecule has 0 aliphatic carbocycles. The lowest BCUT2D eigenvalue weighted by molar-refractivity contribution is 0.477. The largest absolute Gasteiger partial charge is 0.335 e. The van der Waals surface area contributed by atoms with Crippen LogP contribution in [-0.2, 0) is 11.0 Å². The van der Waals surface area contributed by atoms with Crippen LogP contribution in [0, 0.1) is 0 Å². The van der Waals surface area contributed by atoms with Gasteiger partial charge in [-0.15, -0.1) is 5.10 Å². The van der Waals surface area contributed by atoms with E-state index in [9.17, 15) is 4.57 Å². The van der Waals surface area contributed by atoms with E-state index in [1.54, 1.807) is 12.1 Å². The van der Waals surface area contributed by atoms with Crippen LogP contribution in [0.4, 0.5) is 0 Å². The summed E-state index contributed by atoms with van der Waals surface area (Å²) in [5.41, 5.74) is 7.48. The third-order valence-electron chi connectivity index (χ3n) is 3.12. The van der Waals surface area contributed by atoms with Gasteiger partial charge in [-0.3, -0.25) is 10.1 Å². The SMILES string of the molecule is NP(=O)(O)CCCc1cc(Cl)cc2[nH]c(-c3nnn[nH]3)nc12. The summed E-state index contributed by atoms with van der Waals surface area (Å²) in [6.45, 7) is 0. The van der Waals surface area contributed by atoms with Crippen LogP contribution in [0.25, 0.3) is 22.7 Å². The molecule has 0 saturated heterocycles. The third kappa shape index (κ3) is 3.33. The normalized spacial score (nSPS) is 14.3. The molecule has 1 aromatic carbocycles. The molecular weight excluding hydrogens is 329 g/mol. The first-order valence-electron chi connectivity index (χ1n) is 6.45. The molecule has 11 heteroatoms. The zero-order valence-electron chi connectivity index (χ0n) is 11.3. The number of nitrogens with two attached hydrogens (primary N) is 1. The Morgan fingerprint density at radius 2 is 2.18 bits per heavy atom. The van der Waals surface area contributed by atoms with Gasteiger partial charge in [-0.1, -0.05) is 11.6 Å². The van der Waals surface area contributed by atoms with Crippen molar-refractivity contribution in [3.63, 3.8) is 0 Å². The molecule has 0 aliphatic rings. The number of H-pyrrole nitrogens is 2. The number of hydrogen-bond donors (Lipinski definition) is 4. The van der Waals surface area contributed by atoms with Gasteiger partial charge in [0, 0.05) is 11.2 Å². The second-order valence-corrected chi connectivity index (χ2v) is 7.27. The summed E-state index contributed by atoms with van der Waals surface area (Å²) in [5.74, 6) is 0.912. The molecule has 9 nitrogen and oxygen atoms in total. The highest BCUT2D eigenvalue weighted by Gasteiger charge is 2.14. The maximum atomic E-state index is 11.2. The Balaban J connectivity index is 1.93. The van der Waals surface area contributed by atoms with Crippen LogP contribution in [0.5, 0.6) is 0 Å². The van der Waals surface area contributed by atoms with Crippen LogP contribution in [0.15, 0.2) is 12.1 Å². The van der Waals surface area contributed by atoms with Crippen molar-refractivity contribution in [1.82, 2.24) is 30.6 Å². The Bertz CT molecular complexity index is 842. The second kappa shape index (κ2) is 5.77. The Hall–Kier alpha value is -1.80. The summed E-state index contributed by atoms with van der Waals surface area (Å²) < 4.78 is 11.2. The van der Waals surface area contributed by atoms with Crippen molar-refractivity contribution in [2.24, 2.45) is 5.50 Å². The van der Waals surface area contributed by atoms with E-state index in [0.29, 0.717) is 29.5 Å². The number of rotatable bonds is 5. The van der Waals surface area contributed by atoms with Crippen LogP contribution in [-0.4, -0.2) is 41.6 Å². The number of tetrazole rings is 1. The van der Waals surface area contributed by atoms with Crippen molar-refractivity contribution in [2.75, 3.05) is 6.16 Å². The van der Waals surface area contributed by atoms with Crippen LogP contribution in [0.2, 0.25) is 5.02 Å². The van der Waals surface area contributed by atoms with Crippen LogP contribution in [0.1, 0.15) is 12.0 Å².